The van der Waals surface area contributed by atoms with Crippen molar-refractivity contribution in [1.82, 2.24) is 0 Å². The number of rotatable bonds is 6. The van der Waals surface area contributed by atoms with Gasteiger partial charge in [-0.15, -0.1) is 0 Å². The van der Waals surface area contributed by atoms with Gasteiger partial charge in [-0.25, -0.2) is 13.6 Å². The van der Waals surface area contributed by atoms with Crippen molar-refractivity contribution in [3.05, 3.63) is 77.8 Å². The maximum absolute atomic E-state index is 12.1. The van der Waals surface area contributed by atoms with Gasteiger partial charge in [0.1, 0.15) is 5.75 Å². The maximum Gasteiger partial charge on any atom is 0.262 e. The van der Waals surface area contributed by atoms with Crippen molar-refractivity contribution in [2.45, 2.75) is 4.90 Å². The molecule has 0 atom stereocenters. The van der Waals surface area contributed by atoms with Crippen molar-refractivity contribution in [3.63, 3.8) is 0 Å². The molecule has 0 aliphatic heterocycles. The van der Waals surface area contributed by atoms with Crippen molar-refractivity contribution < 1.29 is 17.9 Å². The summed E-state index contributed by atoms with van der Waals surface area (Å²) in [5.74, 6) is -0.0930. The monoisotopic (exact) mass is 416 g/mol. The van der Waals surface area contributed by atoms with Crippen LogP contribution in [0.1, 0.15) is 0 Å². The molecule has 0 fully saturated rings. The Kier molecular flexibility index (Phi) is 5.99. The number of carbonyl (C=O) groups excluding carboxylic acids is 1. The molecule has 3 aromatic rings. The summed E-state index contributed by atoms with van der Waals surface area (Å²) in [6.45, 7) is -0.288. The molecule has 6 nitrogen and oxygen atoms in total. The normalized spacial score (nSPS) is 11.1. The summed E-state index contributed by atoms with van der Waals surface area (Å²) >= 11 is 6.26. The summed E-state index contributed by atoms with van der Waals surface area (Å²) in [5.41, 5.74) is 2.25. The average Bonchev–Trinajstić information content (AvgIpc) is 2.67. The lowest BCUT2D eigenvalue weighted by Crippen LogP contribution is -2.20. The number of benzene rings is 3. The molecule has 0 aromatic heterocycles. The van der Waals surface area contributed by atoms with Crippen LogP contribution in [0.25, 0.3) is 11.1 Å². The van der Waals surface area contributed by atoms with E-state index in [0.29, 0.717) is 16.5 Å². The van der Waals surface area contributed by atoms with Gasteiger partial charge >= 0.3 is 0 Å². The minimum Gasteiger partial charge on any atom is -0.482 e. The quantitative estimate of drug-likeness (QED) is 0.640. The van der Waals surface area contributed by atoms with Gasteiger partial charge in [0, 0.05) is 5.69 Å². The Balaban J connectivity index is 1.63. The molecule has 3 rings (SSSR count). The lowest BCUT2D eigenvalue weighted by atomic mass is 10.1. The topological polar surface area (TPSA) is 98.5 Å². The molecule has 0 aliphatic rings. The third kappa shape index (κ3) is 5.10. The number of hydrogen-bond acceptors (Lipinski definition) is 4. The maximum atomic E-state index is 12.1. The van der Waals surface area contributed by atoms with Crippen LogP contribution in [-0.2, 0) is 14.8 Å². The first kappa shape index (κ1) is 19.9. The molecule has 28 heavy (non-hydrogen) atoms. The van der Waals surface area contributed by atoms with E-state index in [1.165, 1.54) is 18.2 Å². The second-order valence-corrected chi connectivity index (χ2v) is 7.89. The number of halogens is 1. The lowest BCUT2D eigenvalue weighted by Gasteiger charge is -2.11. The number of carbonyl (C=O) groups is 1. The minimum absolute atomic E-state index is 0.0919. The van der Waals surface area contributed by atoms with E-state index in [2.05, 4.69) is 5.32 Å². The molecule has 3 aromatic carbocycles. The first-order valence-corrected chi connectivity index (χ1v) is 10.2. The Hall–Kier alpha value is -2.87. The summed E-state index contributed by atoms with van der Waals surface area (Å²) in [5, 5.41) is 8.02. The highest BCUT2D eigenvalue weighted by Crippen LogP contribution is 2.30. The molecule has 1 amide bonds. The summed E-state index contributed by atoms with van der Waals surface area (Å²) < 4.78 is 28.2. The number of sulfonamides is 1. The predicted molar refractivity (Wildman–Crippen MR) is 109 cm³/mol. The molecule has 0 unspecified atom stereocenters. The van der Waals surface area contributed by atoms with Gasteiger partial charge in [-0.1, -0.05) is 54.1 Å². The Morgan fingerprint density at radius 2 is 1.71 bits per heavy atom. The van der Waals surface area contributed by atoms with Gasteiger partial charge < -0.3 is 10.1 Å². The van der Waals surface area contributed by atoms with Gasteiger partial charge in [-0.05, 0) is 41.5 Å². The molecule has 8 heteroatoms. The largest absolute Gasteiger partial charge is 0.482 e. The van der Waals surface area contributed by atoms with Gasteiger partial charge in [-0.2, -0.15) is 0 Å². The summed E-state index contributed by atoms with van der Waals surface area (Å²) in [6, 6.07) is 20.7. The number of amides is 1. The van der Waals surface area contributed by atoms with Crippen molar-refractivity contribution in [3.8, 4) is 16.9 Å². The zero-order valence-electron chi connectivity index (χ0n) is 14.6. The van der Waals surface area contributed by atoms with E-state index in [4.69, 9.17) is 21.5 Å². The van der Waals surface area contributed by atoms with E-state index < -0.39 is 15.9 Å². The van der Waals surface area contributed by atoms with E-state index in [9.17, 15) is 13.2 Å². The fourth-order valence-corrected chi connectivity index (χ4v) is 3.31. The van der Waals surface area contributed by atoms with Crippen LogP contribution in [0, 0.1) is 0 Å². The number of anilines is 1. The van der Waals surface area contributed by atoms with E-state index in [1.54, 1.807) is 18.2 Å². The zero-order chi connectivity index (χ0) is 20.1. The lowest BCUT2D eigenvalue weighted by molar-refractivity contribution is -0.118. The Morgan fingerprint density at radius 3 is 2.39 bits per heavy atom. The van der Waals surface area contributed by atoms with Crippen LogP contribution in [0.2, 0.25) is 5.02 Å². The van der Waals surface area contributed by atoms with Crippen molar-refractivity contribution in [1.29, 1.82) is 0 Å². The molecule has 0 radical (unpaired) electrons. The first-order valence-electron chi connectivity index (χ1n) is 8.23. The smallest absolute Gasteiger partial charge is 0.262 e. The molecule has 0 heterocycles. The van der Waals surface area contributed by atoms with Crippen LogP contribution in [0.3, 0.4) is 0 Å². The first-order chi connectivity index (χ1) is 13.3. The zero-order valence-corrected chi connectivity index (χ0v) is 16.2. The second kappa shape index (κ2) is 8.43. The third-order valence-electron chi connectivity index (χ3n) is 3.84. The van der Waals surface area contributed by atoms with Gasteiger partial charge in [0.25, 0.3) is 5.91 Å². The molecule has 0 saturated carbocycles. The molecular formula is C20H17ClN2O4S. The van der Waals surface area contributed by atoms with E-state index >= 15 is 0 Å². The van der Waals surface area contributed by atoms with Crippen molar-refractivity contribution in [2.24, 2.45) is 5.14 Å². The number of primary sulfonamides is 1. The molecule has 0 spiro atoms. The van der Waals surface area contributed by atoms with Gasteiger partial charge in [-0.3, -0.25) is 4.79 Å². The third-order valence-corrected chi connectivity index (χ3v) is 5.05. The van der Waals surface area contributed by atoms with Crippen LogP contribution >= 0.6 is 11.6 Å². The highest BCUT2D eigenvalue weighted by Gasteiger charge is 2.11. The van der Waals surface area contributed by atoms with Crippen LogP contribution in [0.4, 0.5) is 5.69 Å². The van der Waals surface area contributed by atoms with E-state index in [0.717, 1.165) is 11.1 Å². The SMILES string of the molecule is NS(=O)(=O)c1cccc(NC(=O)COc2ccc(-c3ccccc3)cc2Cl)c1. The molecule has 0 aliphatic carbocycles. The Bertz CT molecular complexity index is 1100. The molecule has 0 saturated heterocycles. The van der Waals surface area contributed by atoms with Gasteiger partial charge in [0.05, 0.1) is 9.92 Å². The number of hydrogen-bond donors (Lipinski definition) is 2. The van der Waals surface area contributed by atoms with Gasteiger partial charge in [0.2, 0.25) is 10.0 Å². The van der Waals surface area contributed by atoms with E-state index in [1.807, 2.05) is 36.4 Å². The Morgan fingerprint density at radius 1 is 0.964 bits per heavy atom. The summed E-state index contributed by atoms with van der Waals surface area (Å²) in [7, 11) is -3.85. The van der Waals surface area contributed by atoms with Crippen LogP contribution in [0.15, 0.2) is 77.7 Å². The highest BCUT2D eigenvalue weighted by atomic mass is 35.5. The summed E-state index contributed by atoms with van der Waals surface area (Å²) in [6.07, 6.45) is 0. The molecular weight excluding hydrogens is 400 g/mol. The molecule has 3 N–H and O–H groups in total. The standard InChI is InChI=1S/C20H17ClN2O4S/c21-18-11-15(14-5-2-1-3-6-14)9-10-19(18)27-13-20(24)23-16-7-4-8-17(12-16)28(22,25)26/h1-12H,13H2,(H,23,24)(H2,22,25,26). The van der Waals surface area contributed by atoms with Crippen LogP contribution in [0.5, 0.6) is 5.75 Å². The molecule has 144 valence electrons. The number of nitrogens with two attached hydrogens (primary N) is 1. The fourth-order valence-electron chi connectivity index (χ4n) is 2.52. The van der Waals surface area contributed by atoms with Crippen LogP contribution in [-0.4, -0.2) is 20.9 Å². The van der Waals surface area contributed by atoms with E-state index in [-0.39, 0.29) is 11.5 Å². The van der Waals surface area contributed by atoms with Crippen LogP contribution < -0.4 is 15.2 Å². The summed E-state index contributed by atoms with van der Waals surface area (Å²) in [4.78, 5) is 12.0. The van der Waals surface area contributed by atoms with Crippen molar-refractivity contribution in [2.75, 3.05) is 11.9 Å². The average molecular weight is 417 g/mol. The highest BCUT2D eigenvalue weighted by molar-refractivity contribution is 7.89. The Labute approximate surface area is 168 Å². The second-order valence-electron chi connectivity index (χ2n) is 5.92. The van der Waals surface area contributed by atoms with Crippen molar-refractivity contribution >= 4 is 33.2 Å². The fraction of sp³-hybridized carbons (Fsp3) is 0.0500. The molecule has 0 bridgehead atoms. The minimum atomic E-state index is -3.85. The van der Waals surface area contributed by atoms with Gasteiger partial charge in [0.15, 0.2) is 6.61 Å². The predicted octanol–water partition coefficient (Wildman–Crippen LogP) is 3.67. The number of ether oxygens (including phenoxy) is 1. The number of nitrogens with one attached hydrogen (secondary N) is 1.